The normalized spacial score (nSPS) is 7.92. The van der Waals surface area contributed by atoms with Crippen molar-refractivity contribution in [2.24, 2.45) is 0 Å². The van der Waals surface area contributed by atoms with Gasteiger partial charge in [0, 0.05) is 0 Å². The van der Waals surface area contributed by atoms with Crippen LogP contribution in [0.25, 0.3) is 0 Å². The maximum Gasteiger partial charge on any atom is 0.335 e. The molecule has 0 amide bonds. The number of benzene rings is 1. The first kappa shape index (κ1) is 10.5. The smallest absolute Gasteiger partial charge is 0.335 e. The molecule has 0 atom stereocenters. The van der Waals surface area contributed by atoms with E-state index in [1.807, 2.05) is 6.07 Å². The van der Waals surface area contributed by atoms with Gasteiger partial charge < -0.3 is 5.11 Å². The van der Waals surface area contributed by atoms with E-state index in [1.54, 1.807) is 12.1 Å². The molecule has 0 aliphatic rings. The van der Waals surface area contributed by atoms with Crippen LogP contribution in [0.4, 0.5) is 0 Å². The Morgan fingerprint density at radius 1 is 1.50 bits per heavy atom. The fourth-order valence-electron chi connectivity index (χ4n) is 0.722. The summed E-state index contributed by atoms with van der Waals surface area (Å²) in [6.45, 7) is 0. The third-order valence-corrected chi connectivity index (χ3v) is 1.24. The van der Waals surface area contributed by atoms with Crippen LogP contribution in [-0.2, 0) is 0 Å². The van der Waals surface area contributed by atoms with E-state index in [9.17, 15) is 4.79 Å². The van der Waals surface area contributed by atoms with E-state index < -0.39 is 5.97 Å². The van der Waals surface area contributed by atoms with Gasteiger partial charge in [-0.3, -0.25) is 0 Å². The van der Waals surface area contributed by atoms with Crippen LogP contribution in [0.15, 0.2) is 24.3 Å². The molecule has 0 aliphatic heterocycles. The number of hydrogen-bond donors (Lipinski definition) is 1. The largest absolute Gasteiger partial charge is 0.478 e. The molecule has 1 aromatic rings. The van der Waals surface area contributed by atoms with Crippen molar-refractivity contribution >= 4 is 18.4 Å². The van der Waals surface area contributed by atoms with Gasteiger partial charge in [0.25, 0.3) is 0 Å². The third kappa shape index (κ3) is 2.26. The summed E-state index contributed by atoms with van der Waals surface area (Å²) < 4.78 is 0. The van der Waals surface area contributed by atoms with E-state index in [2.05, 4.69) is 0 Å². The Bertz CT molecular complexity index is 330. The lowest BCUT2D eigenvalue weighted by atomic mass is 10.1. The van der Waals surface area contributed by atoms with Crippen LogP contribution in [0.3, 0.4) is 0 Å². The second-order valence-electron chi connectivity index (χ2n) is 2.00. The van der Waals surface area contributed by atoms with Crippen LogP contribution < -0.4 is 0 Å². The van der Waals surface area contributed by atoms with Crippen molar-refractivity contribution in [3.8, 4) is 6.07 Å². The summed E-state index contributed by atoms with van der Waals surface area (Å²) in [6.07, 6.45) is 0. The predicted octanol–water partition coefficient (Wildman–Crippen LogP) is 1.68. The molecule has 0 heterocycles. The number of nitrogens with zero attached hydrogens (tertiary/aromatic N) is 1. The maximum absolute atomic E-state index is 10.4. The highest BCUT2D eigenvalue weighted by molar-refractivity contribution is 5.87. The Balaban J connectivity index is 0.00000121. The molecule has 1 N–H and O–H groups in total. The summed E-state index contributed by atoms with van der Waals surface area (Å²) in [7, 11) is 0. The molecule has 0 saturated heterocycles. The van der Waals surface area contributed by atoms with Crippen molar-refractivity contribution in [2.75, 3.05) is 0 Å². The van der Waals surface area contributed by atoms with Crippen molar-refractivity contribution in [3.63, 3.8) is 0 Å². The lowest BCUT2D eigenvalue weighted by molar-refractivity contribution is 0.0697. The lowest BCUT2D eigenvalue weighted by Gasteiger charge is -1.91. The van der Waals surface area contributed by atoms with Gasteiger partial charge in [-0.05, 0) is 18.2 Å². The zero-order valence-corrected chi connectivity index (χ0v) is 6.84. The molecule has 0 aliphatic carbocycles. The van der Waals surface area contributed by atoms with Crippen LogP contribution in [-0.4, -0.2) is 11.1 Å². The third-order valence-electron chi connectivity index (χ3n) is 1.24. The van der Waals surface area contributed by atoms with Gasteiger partial charge in [-0.2, -0.15) is 5.26 Å². The molecule has 0 saturated carbocycles. The van der Waals surface area contributed by atoms with Gasteiger partial charge in [0.2, 0.25) is 0 Å². The molecule has 1 aromatic carbocycles. The number of rotatable bonds is 1. The topological polar surface area (TPSA) is 61.1 Å². The van der Waals surface area contributed by atoms with Crippen molar-refractivity contribution in [1.82, 2.24) is 0 Å². The molecular formula is C8H6ClNO2. The summed E-state index contributed by atoms with van der Waals surface area (Å²) >= 11 is 0. The van der Waals surface area contributed by atoms with Gasteiger partial charge in [0.1, 0.15) is 0 Å². The van der Waals surface area contributed by atoms with Gasteiger partial charge in [-0.25, -0.2) is 4.79 Å². The van der Waals surface area contributed by atoms with Gasteiger partial charge in [0.15, 0.2) is 0 Å². The van der Waals surface area contributed by atoms with Crippen LogP contribution >= 0.6 is 12.4 Å². The van der Waals surface area contributed by atoms with E-state index in [4.69, 9.17) is 10.4 Å². The Hall–Kier alpha value is -1.53. The highest BCUT2D eigenvalue weighted by atomic mass is 35.5. The molecule has 0 spiro atoms. The van der Waals surface area contributed by atoms with Crippen molar-refractivity contribution < 1.29 is 9.90 Å². The van der Waals surface area contributed by atoms with E-state index in [1.165, 1.54) is 12.1 Å². The molecule has 0 radical (unpaired) electrons. The van der Waals surface area contributed by atoms with Crippen LogP contribution in [0.1, 0.15) is 15.9 Å². The zero-order valence-electron chi connectivity index (χ0n) is 6.02. The van der Waals surface area contributed by atoms with Crippen molar-refractivity contribution in [1.29, 1.82) is 5.26 Å². The minimum absolute atomic E-state index is 0. The Kier molecular flexibility index (Phi) is 3.81. The summed E-state index contributed by atoms with van der Waals surface area (Å²) in [5.74, 6) is -1.01. The van der Waals surface area contributed by atoms with Gasteiger partial charge in [-0.15, -0.1) is 12.4 Å². The summed E-state index contributed by atoms with van der Waals surface area (Å²) in [6, 6.07) is 7.75. The number of carbonyl (C=O) groups is 1. The summed E-state index contributed by atoms with van der Waals surface area (Å²) in [5, 5.41) is 16.9. The van der Waals surface area contributed by atoms with E-state index >= 15 is 0 Å². The number of aromatic carboxylic acids is 1. The Labute approximate surface area is 75.7 Å². The average molecular weight is 184 g/mol. The number of nitriles is 1. The first-order chi connectivity index (χ1) is 5.24. The second kappa shape index (κ2) is 4.37. The molecular weight excluding hydrogens is 178 g/mol. The first-order valence-corrected chi connectivity index (χ1v) is 2.97. The molecule has 0 unspecified atom stereocenters. The molecule has 62 valence electrons. The highest BCUT2D eigenvalue weighted by Gasteiger charge is 2.01. The summed E-state index contributed by atoms with van der Waals surface area (Å²) in [4.78, 5) is 10.4. The minimum Gasteiger partial charge on any atom is -0.478 e. The first-order valence-electron chi connectivity index (χ1n) is 2.97. The second-order valence-corrected chi connectivity index (χ2v) is 2.00. The van der Waals surface area contributed by atoms with E-state index in [0.717, 1.165) is 0 Å². The molecule has 3 nitrogen and oxygen atoms in total. The maximum atomic E-state index is 10.4. The van der Waals surface area contributed by atoms with E-state index in [0.29, 0.717) is 5.56 Å². The molecule has 0 fully saturated rings. The number of carboxylic acids is 1. The van der Waals surface area contributed by atoms with E-state index in [-0.39, 0.29) is 18.0 Å². The van der Waals surface area contributed by atoms with Crippen LogP contribution in [0.5, 0.6) is 0 Å². The minimum atomic E-state index is -1.01. The summed E-state index contributed by atoms with van der Waals surface area (Å²) in [5.41, 5.74) is 0.508. The Morgan fingerprint density at radius 2 is 2.17 bits per heavy atom. The van der Waals surface area contributed by atoms with Gasteiger partial charge >= 0.3 is 5.97 Å². The van der Waals surface area contributed by atoms with Crippen molar-refractivity contribution in [3.05, 3.63) is 35.4 Å². The SMILES string of the molecule is Cl.N#Cc1cccc(C(=O)O)c1. The predicted molar refractivity (Wildman–Crippen MR) is 45.4 cm³/mol. The quantitative estimate of drug-likeness (QED) is 0.721. The van der Waals surface area contributed by atoms with Crippen LogP contribution in [0, 0.1) is 11.3 Å². The highest BCUT2D eigenvalue weighted by Crippen LogP contribution is 2.02. The Morgan fingerprint density at radius 3 is 2.67 bits per heavy atom. The standard InChI is InChI=1S/C8H5NO2.ClH/c9-5-6-2-1-3-7(4-6)8(10)11;/h1-4H,(H,10,11);1H. The fourth-order valence-corrected chi connectivity index (χ4v) is 0.722. The van der Waals surface area contributed by atoms with Gasteiger partial charge in [0.05, 0.1) is 17.2 Å². The molecule has 0 aromatic heterocycles. The molecule has 12 heavy (non-hydrogen) atoms. The average Bonchev–Trinajstić information content (AvgIpc) is 2.05. The molecule has 4 heteroatoms. The zero-order chi connectivity index (χ0) is 8.27. The number of carboxylic acid groups (broad SMARTS) is 1. The molecule has 0 bridgehead atoms. The monoisotopic (exact) mass is 183 g/mol. The number of hydrogen-bond acceptors (Lipinski definition) is 2. The fraction of sp³-hybridized carbons (Fsp3) is 0. The lowest BCUT2D eigenvalue weighted by Crippen LogP contribution is -1.95. The van der Waals surface area contributed by atoms with Crippen LogP contribution in [0.2, 0.25) is 0 Å². The number of halogens is 1. The molecule has 1 rings (SSSR count). The van der Waals surface area contributed by atoms with Crippen molar-refractivity contribution in [2.45, 2.75) is 0 Å². The van der Waals surface area contributed by atoms with Gasteiger partial charge in [-0.1, -0.05) is 6.07 Å².